The highest BCUT2D eigenvalue weighted by Crippen LogP contribution is 2.28. The van der Waals surface area contributed by atoms with Gasteiger partial charge in [-0.05, 0) is 35.2 Å². The molecular formula is C24H23ClN2O3. The highest BCUT2D eigenvalue weighted by molar-refractivity contribution is 6.34. The average molecular weight is 423 g/mol. The predicted octanol–water partition coefficient (Wildman–Crippen LogP) is 4.12. The van der Waals surface area contributed by atoms with E-state index in [9.17, 15) is 9.59 Å². The molecule has 0 saturated carbocycles. The molecule has 0 saturated heterocycles. The van der Waals surface area contributed by atoms with E-state index in [0.717, 1.165) is 16.7 Å². The molecule has 154 valence electrons. The highest BCUT2D eigenvalue weighted by Gasteiger charge is 2.24. The SMILES string of the molecule is Cc1cc(-c2ccccc2)cc(Cl)c1C(=O)N[C@@H](CN)C(=O)OCc1ccccc1. The van der Waals surface area contributed by atoms with Crippen molar-refractivity contribution in [1.82, 2.24) is 5.32 Å². The molecule has 6 heteroatoms. The van der Waals surface area contributed by atoms with Gasteiger partial charge in [-0.2, -0.15) is 0 Å². The van der Waals surface area contributed by atoms with Crippen LogP contribution in [-0.2, 0) is 16.1 Å². The van der Waals surface area contributed by atoms with Gasteiger partial charge in [0.05, 0.1) is 10.6 Å². The third kappa shape index (κ3) is 5.26. The van der Waals surface area contributed by atoms with Gasteiger partial charge in [0.1, 0.15) is 12.6 Å². The molecule has 0 aliphatic rings. The van der Waals surface area contributed by atoms with Gasteiger partial charge in [0.25, 0.3) is 5.91 Å². The molecule has 3 rings (SSSR count). The molecule has 0 aliphatic carbocycles. The lowest BCUT2D eigenvalue weighted by Gasteiger charge is -2.18. The fraction of sp³-hybridized carbons (Fsp3) is 0.167. The summed E-state index contributed by atoms with van der Waals surface area (Å²) in [5.41, 5.74) is 9.47. The molecule has 0 unspecified atom stereocenters. The van der Waals surface area contributed by atoms with E-state index >= 15 is 0 Å². The fourth-order valence-corrected chi connectivity index (χ4v) is 3.46. The van der Waals surface area contributed by atoms with Crippen LogP contribution in [0.25, 0.3) is 11.1 Å². The molecule has 3 aromatic carbocycles. The van der Waals surface area contributed by atoms with Crippen LogP contribution in [0.5, 0.6) is 0 Å². The lowest BCUT2D eigenvalue weighted by molar-refractivity contribution is -0.147. The fourth-order valence-electron chi connectivity index (χ4n) is 3.10. The largest absolute Gasteiger partial charge is 0.459 e. The second kappa shape index (κ2) is 10.1. The topological polar surface area (TPSA) is 81.4 Å². The molecule has 0 heterocycles. The summed E-state index contributed by atoms with van der Waals surface area (Å²) in [6, 6.07) is 21.7. The zero-order valence-electron chi connectivity index (χ0n) is 16.6. The summed E-state index contributed by atoms with van der Waals surface area (Å²) >= 11 is 6.42. The number of ether oxygens (including phenoxy) is 1. The standard InChI is InChI=1S/C24H23ClN2O3/c1-16-12-19(18-10-6-3-7-11-18)13-20(25)22(16)23(28)27-21(14-26)24(29)30-15-17-8-4-2-5-9-17/h2-13,21H,14-15,26H2,1H3,(H,27,28)/t21-/m0/s1. The Morgan fingerprint density at radius 1 is 1.00 bits per heavy atom. The van der Waals surface area contributed by atoms with Crippen molar-refractivity contribution >= 4 is 23.5 Å². The average Bonchev–Trinajstić information content (AvgIpc) is 2.76. The third-order valence-corrected chi connectivity index (χ3v) is 4.97. The van der Waals surface area contributed by atoms with Crippen LogP contribution in [0.4, 0.5) is 0 Å². The first-order chi connectivity index (χ1) is 14.5. The normalized spacial score (nSPS) is 11.6. The van der Waals surface area contributed by atoms with Gasteiger partial charge in [-0.25, -0.2) is 4.79 Å². The monoisotopic (exact) mass is 422 g/mol. The maximum absolute atomic E-state index is 12.8. The number of aryl methyl sites for hydroxylation is 1. The van der Waals surface area contributed by atoms with E-state index in [1.165, 1.54) is 0 Å². The van der Waals surface area contributed by atoms with Crippen molar-refractivity contribution in [3.8, 4) is 11.1 Å². The Labute approximate surface area is 180 Å². The first kappa shape index (κ1) is 21.6. The lowest BCUT2D eigenvalue weighted by atomic mass is 9.99. The van der Waals surface area contributed by atoms with Crippen molar-refractivity contribution in [1.29, 1.82) is 0 Å². The van der Waals surface area contributed by atoms with E-state index in [4.69, 9.17) is 22.1 Å². The molecule has 0 bridgehead atoms. The number of hydrogen-bond donors (Lipinski definition) is 2. The molecule has 1 atom stereocenters. The molecule has 3 N–H and O–H groups in total. The van der Waals surface area contributed by atoms with Crippen LogP contribution in [0.1, 0.15) is 21.5 Å². The molecule has 1 amide bonds. The van der Waals surface area contributed by atoms with Gasteiger partial charge in [-0.1, -0.05) is 78.3 Å². The van der Waals surface area contributed by atoms with Crippen molar-refractivity contribution < 1.29 is 14.3 Å². The summed E-state index contributed by atoms with van der Waals surface area (Å²) in [6.07, 6.45) is 0. The quantitative estimate of drug-likeness (QED) is 0.561. The summed E-state index contributed by atoms with van der Waals surface area (Å²) in [5, 5.41) is 2.94. The van der Waals surface area contributed by atoms with Gasteiger partial charge in [-0.15, -0.1) is 0 Å². The number of nitrogens with one attached hydrogen (secondary N) is 1. The van der Waals surface area contributed by atoms with Crippen LogP contribution in [0.15, 0.2) is 72.8 Å². The van der Waals surface area contributed by atoms with Crippen LogP contribution in [0, 0.1) is 6.92 Å². The molecule has 0 spiro atoms. The molecule has 0 radical (unpaired) electrons. The number of nitrogens with two attached hydrogens (primary N) is 1. The molecular weight excluding hydrogens is 400 g/mol. The van der Waals surface area contributed by atoms with Crippen LogP contribution in [-0.4, -0.2) is 24.5 Å². The van der Waals surface area contributed by atoms with Crippen molar-refractivity contribution in [2.24, 2.45) is 5.73 Å². The van der Waals surface area contributed by atoms with Gasteiger partial charge in [0.2, 0.25) is 0 Å². The van der Waals surface area contributed by atoms with Crippen molar-refractivity contribution in [2.45, 2.75) is 19.6 Å². The second-order valence-corrected chi connectivity index (χ2v) is 7.28. The predicted molar refractivity (Wildman–Crippen MR) is 118 cm³/mol. The zero-order chi connectivity index (χ0) is 21.5. The molecule has 0 aliphatic heterocycles. The molecule has 30 heavy (non-hydrogen) atoms. The smallest absolute Gasteiger partial charge is 0.330 e. The van der Waals surface area contributed by atoms with Crippen molar-refractivity contribution in [2.75, 3.05) is 6.54 Å². The minimum absolute atomic E-state index is 0.0852. The van der Waals surface area contributed by atoms with Crippen LogP contribution < -0.4 is 11.1 Å². The molecule has 3 aromatic rings. The number of esters is 1. The van der Waals surface area contributed by atoms with E-state index in [0.29, 0.717) is 16.1 Å². The minimum atomic E-state index is -0.967. The van der Waals surface area contributed by atoms with Crippen molar-refractivity contribution in [3.63, 3.8) is 0 Å². The summed E-state index contributed by atoms with van der Waals surface area (Å²) in [6.45, 7) is 1.83. The van der Waals surface area contributed by atoms with Crippen molar-refractivity contribution in [3.05, 3.63) is 94.5 Å². The summed E-state index contributed by atoms with van der Waals surface area (Å²) < 4.78 is 5.29. The van der Waals surface area contributed by atoms with Gasteiger partial charge < -0.3 is 15.8 Å². The van der Waals surface area contributed by atoms with Crippen LogP contribution in [0.3, 0.4) is 0 Å². The molecule has 5 nitrogen and oxygen atoms in total. The van der Waals surface area contributed by atoms with E-state index in [1.54, 1.807) is 13.0 Å². The number of carbonyl (C=O) groups is 2. The highest BCUT2D eigenvalue weighted by atomic mass is 35.5. The first-order valence-electron chi connectivity index (χ1n) is 9.56. The minimum Gasteiger partial charge on any atom is -0.459 e. The van der Waals surface area contributed by atoms with E-state index < -0.39 is 17.9 Å². The summed E-state index contributed by atoms with van der Waals surface area (Å²) in [7, 11) is 0. The first-order valence-corrected chi connectivity index (χ1v) is 9.94. The molecule has 0 fully saturated rings. The van der Waals surface area contributed by atoms with E-state index in [1.807, 2.05) is 66.7 Å². The number of benzene rings is 3. The Morgan fingerprint density at radius 3 is 2.23 bits per heavy atom. The Hall–Kier alpha value is -3.15. The van der Waals surface area contributed by atoms with Gasteiger partial charge in [-0.3, -0.25) is 4.79 Å². The number of rotatable bonds is 7. The Kier molecular flexibility index (Phi) is 7.22. The van der Waals surface area contributed by atoms with Crippen LogP contribution >= 0.6 is 11.6 Å². The summed E-state index contributed by atoms with van der Waals surface area (Å²) in [5.74, 6) is -1.06. The summed E-state index contributed by atoms with van der Waals surface area (Å²) in [4.78, 5) is 25.2. The maximum Gasteiger partial charge on any atom is 0.330 e. The number of hydrogen-bond acceptors (Lipinski definition) is 4. The van der Waals surface area contributed by atoms with Gasteiger partial charge in [0, 0.05) is 6.54 Å². The Morgan fingerprint density at radius 2 is 1.63 bits per heavy atom. The van der Waals surface area contributed by atoms with E-state index in [-0.39, 0.29) is 13.2 Å². The Balaban J connectivity index is 1.71. The number of halogens is 1. The number of carbonyl (C=O) groups excluding carboxylic acids is 2. The van der Waals surface area contributed by atoms with Gasteiger partial charge in [0.15, 0.2) is 0 Å². The number of amides is 1. The maximum atomic E-state index is 12.8. The Bertz CT molecular complexity index is 1000. The third-order valence-electron chi connectivity index (χ3n) is 4.67. The zero-order valence-corrected chi connectivity index (χ0v) is 17.4. The van der Waals surface area contributed by atoms with Crippen LogP contribution in [0.2, 0.25) is 5.02 Å². The molecule has 0 aromatic heterocycles. The van der Waals surface area contributed by atoms with E-state index in [2.05, 4.69) is 5.32 Å². The van der Waals surface area contributed by atoms with Gasteiger partial charge >= 0.3 is 5.97 Å². The second-order valence-electron chi connectivity index (χ2n) is 6.87. The lowest BCUT2D eigenvalue weighted by Crippen LogP contribution is -2.46.